The van der Waals surface area contributed by atoms with Gasteiger partial charge >= 0.3 is 0 Å². The second kappa shape index (κ2) is 1.54. The molecule has 5 heavy (non-hydrogen) atoms. The fourth-order valence-electron chi connectivity index (χ4n) is 0.208. The molecule has 28 valence electrons. The minimum atomic E-state index is 0.586. The molecule has 1 rings (SSSR count). The second-order valence-electron chi connectivity index (χ2n) is 0.800. The van der Waals surface area contributed by atoms with Gasteiger partial charge in [-0.3, -0.25) is 4.58 Å². The van der Waals surface area contributed by atoms with Gasteiger partial charge in [0.15, 0.2) is 0 Å². The van der Waals surface area contributed by atoms with Crippen molar-refractivity contribution < 1.29 is 9.46 Å². The van der Waals surface area contributed by atoms with Gasteiger partial charge in [0, 0.05) is 0 Å². The van der Waals surface area contributed by atoms with Gasteiger partial charge in [-0.1, -0.05) is 0 Å². The van der Waals surface area contributed by atoms with Crippen molar-refractivity contribution in [3.05, 3.63) is 0 Å². The molecule has 0 atom stereocenters. The average Bonchev–Trinajstić information content (AvgIpc) is 1.76. The average molecular weight is 88.1 g/mol. The highest BCUT2D eigenvalue weighted by Crippen LogP contribution is 1.91. The standard InChI is InChI=1S/C2H4O2Si/c1-2-5-4-3-1/h1-2H2. The predicted molar refractivity (Wildman–Crippen MR) is 17.6 cm³/mol. The van der Waals surface area contributed by atoms with Crippen LogP contribution in [-0.4, -0.2) is 16.4 Å². The summed E-state index contributed by atoms with van der Waals surface area (Å²) in [4.78, 5) is 4.46. The zero-order valence-electron chi connectivity index (χ0n) is 2.73. The lowest BCUT2D eigenvalue weighted by molar-refractivity contribution is -0.181. The van der Waals surface area contributed by atoms with Gasteiger partial charge in [-0.25, -0.2) is 4.89 Å². The third-order valence-electron chi connectivity index (χ3n) is 0.405. The van der Waals surface area contributed by atoms with Crippen LogP contribution >= 0.6 is 0 Å². The molecular weight excluding hydrogens is 84.1 g/mol. The Morgan fingerprint density at radius 2 is 2.60 bits per heavy atom. The van der Waals surface area contributed by atoms with Crippen LogP contribution in [0, 0.1) is 0 Å². The fraction of sp³-hybridized carbons (Fsp3) is 1.00. The molecule has 0 aromatic rings. The summed E-state index contributed by atoms with van der Waals surface area (Å²) in [5, 5.41) is 0. The molecule has 0 saturated carbocycles. The minimum absolute atomic E-state index is 0.586. The molecule has 1 aliphatic rings. The highest BCUT2D eigenvalue weighted by Gasteiger charge is 1.99. The largest absolute Gasteiger partial charge is 0.287 e. The third-order valence-corrected chi connectivity index (χ3v) is 1.05. The fourth-order valence-corrected chi connectivity index (χ4v) is 0.625. The van der Waals surface area contributed by atoms with E-state index in [1.54, 1.807) is 0 Å². The van der Waals surface area contributed by atoms with E-state index < -0.39 is 0 Å². The smallest absolute Gasteiger partial charge is 0.285 e. The van der Waals surface area contributed by atoms with Crippen LogP contribution < -0.4 is 0 Å². The van der Waals surface area contributed by atoms with Crippen molar-refractivity contribution in [2.24, 2.45) is 0 Å². The summed E-state index contributed by atoms with van der Waals surface area (Å²) in [5.74, 6) is 0. The van der Waals surface area contributed by atoms with Gasteiger partial charge in [-0.05, 0) is 6.04 Å². The summed E-state index contributed by atoms with van der Waals surface area (Å²) >= 11 is 0. The first kappa shape index (κ1) is 3.33. The zero-order valence-corrected chi connectivity index (χ0v) is 3.73. The first-order valence-corrected chi connectivity index (χ1v) is 2.63. The van der Waals surface area contributed by atoms with E-state index in [0.717, 1.165) is 12.7 Å². The lowest BCUT2D eigenvalue weighted by Crippen LogP contribution is -1.78. The lowest BCUT2D eigenvalue weighted by atomic mass is 10.9. The van der Waals surface area contributed by atoms with Crippen molar-refractivity contribution in [2.75, 3.05) is 6.61 Å². The maximum atomic E-state index is 4.47. The molecule has 2 nitrogen and oxygen atoms in total. The van der Waals surface area contributed by atoms with Crippen molar-refractivity contribution in [3.63, 3.8) is 0 Å². The Morgan fingerprint density at radius 3 is 2.80 bits per heavy atom. The SMILES string of the molecule is C1C[Si]OO1. The van der Waals surface area contributed by atoms with E-state index >= 15 is 0 Å². The molecule has 0 aromatic heterocycles. The van der Waals surface area contributed by atoms with E-state index in [1.807, 2.05) is 0 Å². The number of rotatable bonds is 0. The summed E-state index contributed by atoms with van der Waals surface area (Å²) in [6.07, 6.45) is 0. The van der Waals surface area contributed by atoms with Crippen molar-refractivity contribution in [1.82, 2.24) is 0 Å². The van der Waals surface area contributed by atoms with E-state index in [2.05, 4.69) is 9.46 Å². The van der Waals surface area contributed by atoms with Gasteiger partial charge in [0.1, 0.15) is 0 Å². The quantitative estimate of drug-likeness (QED) is 0.306. The van der Waals surface area contributed by atoms with E-state index in [0.29, 0.717) is 9.76 Å². The van der Waals surface area contributed by atoms with Gasteiger partial charge in [0.2, 0.25) is 0 Å². The van der Waals surface area contributed by atoms with Crippen molar-refractivity contribution in [2.45, 2.75) is 6.04 Å². The molecule has 0 N–H and O–H groups in total. The van der Waals surface area contributed by atoms with Crippen LogP contribution in [0.3, 0.4) is 0 Å². The first-order valence-electron chi connectivity index (χ1n) is 1.51. The Labute approximate surface area is 33.0 Å². The number of hydrogen-bond acceptors (Lipinski definition) is 2. The summed E-state index contributed by atoms with van der Waals surface area (Å²) in [6, 6.07) is 1.08. The minimum Gasteiger partial charge on any atom is -0.287 e. The Morgan fingerprint density at radius 1 is 1.60 bits per heavy atom. The molecule has 0 aliphatic carbocycles. The molecule has 0 spiro atoms. The molecule has 1 aliphatic heterocycles. The Balaban J connectivity index is 2.08. The molecular formula is C2H4O2Si. The Bertz CT molecular complexity index is 19.2. The van der Waals surface area contributed by atoms with Crippen molar-refractivity contribution in [3.8, 4) is 0 Å². The molecule has 2 radical (unpaired) electrons. The van der Waals surface area contributed by atoms with Crippen LogP contribution in [0.4, 0.5) is 0 Å². The zero-order chi connectivity index (χ0) is 3.54. The first-order chi connectivity index (χ1) is 2.50. The summed E-state index contributed by atoms with van der Waals surface area (Å²) < 4.78 is 4.47. The molecule has 0 bridgehead atoms. The highest BCUT2D eigenvalue weighted by molar-refractivity contribution is 6.27. The van der Waals surface area contributed by atoms with E-state index in [9.17, 15) is 0 Å². The van der Waals surface area contributed by atoms with Gasteiger partial charge in [-0.2, -0.15) is 0 Å². The molecule has 3 heteroatoms. The van der Waals surface area contributed by atoms with Crippen molar-refractivity contribution >= 4 is 9.76 Å². The monoisotopic (exact) mass is 88.0 g/mol. The van der Waals surface area contributed by atoms with Crippen LogP contribution in [0.1, 0.15) is 0 Å². The maximum absolute atomic E-state index is 4.47. The predicted octanol–water partition coefficient (Wildman–Crippen LogP) is -0.0143. The van der Waals surface area contributed by atoms with E-state index in [1.165, 1.54) is 0 Å². The number of hydrogen-bond donors (Lipinski definition) is 0. The summed E-state index contributed by atoms with van der Waals surface area (Å²) in [6.45, 7) is 0.790. The highest BCUT2D eigenvalue weighted by atomic mass is 28.2. The van der Waals surface area contributed by atoms with Crippen molar-refractivity contribution in [1.29, 1.82) is 0 Å². The molecule has 1 saturated heterocycles. The molecule has 1 fully saturated rings. The molecule has 1 heterocycles. The third kappa shape index (κ3) is 0.716. The Hall–Kier alpha value is 0.137. The van der Waals surface area contributed by atoms with Crippen LogP contribution in [0.25, 0.3) is 0 Å². The van der Waals surface area contributed by atoms with E-state index in [4.69, 9.17) is 0 Å². The van der Waals surface area contributed by atoms with Gasteiger partial charge < -0.3 is 0 Å². The van der Waals surface area contributed by atoms with Gasteiger partial charge in [-0.15, -0.1) is 0 Å². The van der Waals surface area contributed by atoms with Crippen LogP contribution in [0.15, 0.2) is 0 Å². The van der Waals surface area contributed by atoms with Gasteiger partial charge in [0.25, 0.3) is 9.76 Å². The summed E-state index contributed by atoms with van der Waals surface area (Å²) in [7, 11) is 0.586. The molecule has 0 amide bonds. The molecule has 0 unspecified atom stereocenters. The molecule has 0 aromatic carbocycles. The Kier molecular flexibility index (Phi) is 1.03. The topological polar surface area (TPSA) is 18.5 Å². The van der Waals surface area contributed by atoms with Crippen LogP contribution in [-0.2, 0) is 9.46 Å². The van der Waals surface area contributed by atoms with E-state index in [-0.39, 0.29) is 0 Å². The second-order valence-corrected chi connectivity index (χ2v) is 1.75. The summed E-state index contributed by atoms with van der Waals surface area (Å²) in [5.41, 5.74) is 0. The normalized spacial score (nSPS) is 24.0. The lowest BCUT2D eigenvalue weighted by Gasteiger charge is -1.78. The maximum Gasteiger partial charge on any atom is 0.285 e. The van der Waals surface area contributed by atoms with Crippen LogP contribution in [0.5, 0.6) is 0 Å². The van der Waals surface area contributed by atoms with Crippen LogP contribution in [0.2, 0.25) is 6.04 Å². The van der Waals surface area contributed by atoms with Gasteiger partial charge in [0.05, 0.1) is 6.61 Å².